The number of carbonyl (C=O) groups excluding carboxylic acids is 3. The Morgan fingerprint density at radius 3 is 2.39 bits per heavy atom. The zero-order valence-corrected chi connectivity index (χ0v) is 14.5. The van der Waals surface area contributed by atoms with Crippen LogP contribution in [0, 0.1) is 11.8 Å². The summed E-state index contributed by atoms with van der Waals surface area (Å²) >= 11 is 0. The van der Waals surface area contributed by atoms with E-state index in [1.54, 1.807) is 41.5 Å². The van der Waals surface area contributed by atoms with Crippen LogP contribution in [-0.2, 0) is 23.8 Å². The molecule has 1 atom stereocenters. The van der Waals surface area contributed by atoms with Crippen molar-refractivity contribution in [2.45, 2.75) is 47.1 Å². The Balaban J connectivity index is 2.92. The van der Waals surface area contributed by atoms with Gasteiger partial charge in [-0.1, -0.05) is 13.8 Å². The standard InChI is InChI=1S/C16H25NO6/c1-7-21-14(19)11-8-17(15(20)23-16(4,5)6)9-12(11)22-13(18)10(2)3/h9-11H,7-8H2,1-6H3. The number of ether oxygens (including phenoxy) is 3. The van der Waals surface area contributed by atoms with Crippen LogP contribution in [0.15, 0.2) is 12.0 Å². The van der Waals surface area contributed by atoms with E-state index >= 15 is 0 Å². The van der Waals surface area contributed by atoms with Crippen LogP contribution in [0.2, 0.25) is 0 Å². The van der Waals surface area contributed by atoms with Gasteiger partial charge in [0, 0.05) is 12.7 Å². The zero-order valence-electron chi connectivity index (χ0n) is 14.5. The fourth-order valence-electron chi connectivity index (χ4n) is 1.80. The third kappa shape index (κ3) is 5.58. The smallest absolute Gasteiger partial charge is 0.414 e. The van der Waals surface area contributed by atoms with Crippen molar-refractivity contribution < 1.29 is 28.6 Å². The lowest BCUT2D eigenvalue weighted by molar-refractivity contribution is -0.150. The molecule has 0 saturated heterocycles. The Labute approximate surface area is 136 Å². The van der Waals surface area contributed by atoms with E-state index in [2.05, 4.69) is 0 Å². The average Bonchev–Trinajstić information content (AvgIpc) is 2.81. The highest BCUT2D eigenvalue weighted by atomic mass is 16.6. The van der Waals surface area contributed by atoms with Crippen molar-refractivity contribution >= 4 is 18.0 Å². The minimum Gasteiger partial charge on any atom is -0.465 e. The molecule has 0 aromatic heterocycles. The van der Waals surface area contributed by atoms with E-state index in [-0.39, 0.29) is 24.8 Å². The Hall–Kier alpha value is -2.05. The number of hydrogen-bond acceptors (Lipinski definition) is 6. The Bertz CT molecular complexity index is 503. The molecule has 0 saturated carbocycles. The first kappa shape index (κ1) is 19.0. The summed E-state index contributed by atoms with van der Waals surface area (Å²) in [5.41, 5.74) is -0.665. The number of rotatable bonds is 4. The quantitative estimate of drug-likeness (QED) is 0.583. The maximum absolute atomic E-state index is 12.1. The highest BCUT2D eigenvalue weighted by Crippen LogP contribution is 2.26. The van der Waals surface area contributed by atoms with Gasteiger partial charge in [-0.25, -0.2) is 4.79 Å². The van der Waals surface area contributed by atoms with Gasteiger partial charge >= 0.3 is 18.0 Å². The van der Waals surface area contributed by atoms with E-state index in [1.807, 2.05) is 0 Å². The third-order valence-corrected chi connectivity index (χ3v) is 2.89. The highest BCUT2D eigenvalue weighted by molar-refractivity contribution is 5.81. The predicted molar refractivity (Wildman–Crippen MR) is 82.1 cm³/mol. The molecule has 7 heteroatoms. The summed E-state index contributed by atoms with van der Waals surface area (Å²) in [4.78, 5) is 37.1. The second-order valence-electron chi connectivity index (χ2n) is 6.54. The maximum Gasteiger partial charge on any atom is 0.414 e. The average molecular weight is 327 g/mol. The second kappa shape index (κ2) is 7.48. The molecule has 1 heterocycles. The van der Waals surface area contributed by atoms with E-state index in [1.165, 1.54) is 11.1 Å². The van der Waals surface area contributed by atoms with Gasteiger partial charge in [0.05, 0.1) is 12.5 Å². The zero-order chi connectivity index (χ0) is 17.8. The molecule has 0 aromatic rings. The monoisotopic (exact) mass is 327 g/mol. The number of nitrogens with zero attached hydrogens (tertiary/aromatic N) is 1. The van der Waals surface area contributed by atoms with Gasteiger partial charge in [0.15, 0.2) is 0 Å². The molecule has 1 rings (SSSR count). The van der Waals surface area contributed by atoms with Crippen molar-refractivity contribution in [2.75, 3.05) is 13.2 Å². The van der Waals surface area contributed by atoms with Crippen LogP contribution in [-0.4, -0.2) is 41.7 Å². The SMILES string of the molecule is CCOC(=O)C1CN(C(=O)OC(C)(C)C)C=C1OC(=O)C(C)C. The predicted octanol–water partition coefficient (Wildman–Crippen LogP) is 2.46. The summed E-state index contributed by atoms with van der Waals surface area (Å²) in [6, 6.07) is 0. The van der Waals surface area contributed by atoms with Gasteiger partial charge in [-0.15, -0.1) is 0 Å². The normalized spacial score (nSPS) is 17.8. The van der Waals surface area contributed by atoms with Crippen molar-refractivity contribution in [3.8, 4) is 0 Å². The van der Waals surface area contributed by atoms with E-state index < -0.39 is 29.6 Å². The Morgan fingerprint density at radius 2 is 1.91 bits per heavy atom. The number of esters is 2. The van der Waals surface area contributed by atoms with Crippen LogP contribution < -0.4 is 0 Å². The minimum atomic E-state index is -0.829. The van der Waals surface area contributed by atoms with Crippen LogP contribution in [0.4, 0.5) is 4.79 Å². The minimum absolute atomic E-state index is 0.0223. The fraction of sp³-hybridized carbons (Fsp3) is 0.688. The molecule has 1 unspecified atom stereocenters. The summed E-state index contributed by atoms with van der Waals surface area (Å²) in [6.07, 6.45) is 0.720. The molecule has 0 aromatic carbocycles. The molecular weight excluding hydrogens is 302 g/mol. The molecule has 130 valence electrons. The molecule has 7 nitrogen and oxygen atoms in total. The van der Waals surface area contributed by atoms with Gasteiger partial charge in [-0.2, -0.15) is 0 Å². The topological polar surface area (TPSA) is 82.1 Å². The molecule has 0 spiro atoms. The largest absolute Gasteiger partial charge is 0.465 e. The molecule has 1 aliphatic heterocycles. The molecule has 0 radical (unpaired) electrons. The van der Waals surface area contributed by atoms with Gasteiger partial charge < -0.3 is 14.2 Å². The highest BCUT2D eigenvalue weighted by Gasteiger charge is 2.38. The van der Waals surface area contributed by atoms with Crippen molar-refractivity contribution in [1.82, 2.24) is 4.90 Å². The molecule has 0 aliphatic carbocycles. The summed E-state index contributed by atoms with van der Waals surface area (Å²) in [6.45, 7) is 10.5. The lowest BCUT2D eigenvalue weighted by atomic mass is 10.1. The molecule has 0 N–H and O–H groups in total. The summed E-state index contributed by atoms with van der Waals surface area (Å²) in [7, 11) is 0. The molecule has 1 aliphatic rings. The van der Waals surface area contributed by atoms with Gasteiger partial charge in [-0.3, -0.25) is 14.5 Å². The van der Waals surface area contributed by atoms with Gasteiger partial charge in [0.1, 0.15) is 17.3 Å². The number of hydrogen-bond donors (Lipinski definition) is 0. The van der Waals surface area contributed by atoms with Crippen LogP contribution in [0.1, 0.15) is 41.5 Å². The van der Waals surface area contributed by atoms with Crippen LogP contribution in [0.3, 0.4) is 0 Å². The van der Waals surface area contributed by atoms with Crippen LogP contribution in [0.25, 0.3) is 0 Å². The molecule has 23 heavy (non-hydrogen) atoms. The van der Waals surface area contributed by atoms with Crippen molar-refractivity contribution in [3.63, 3.8) is 0 Å². The maximum atomic E-state index is 12.1. The van der Waals surface area contributed by atoms with E-state index in [0.717, 1.165) is 0 Å². The summed E-state index contributed by atoms with van der Waals surface area (Å²) in [5.74, 6) is -2.09. The number of amides is 1. The van der Waals surface area contributed by atoms with Crippen LogP contribution in [0.5, 0.6) is 0 Å². The molecule has 0 fully saturated rings. The lowest BCUT2D eigenvalue weighted by Gasteiger charge is -2.23. The molecular formula is C16H25NO6. The Morgan fingerprint density at radius 1 is 1.30 bits per heavy atom. The van der Waals surface area contributed by atoms with Gasteiger partial charge in [-0.05, 0) is 27.7 Å². The second-order valence-corrected chi connectivity index (χ2v) is 6.54. The van der Waals surface area contributed by atoms with Crippen molar-refractivity contribution in [1.29, 1.82) is 0 Å². The van der Waals surface area contributed by atoms with E-state index in [9.17, 15) is 14.4 Å². The number of carbonyl (C=O) groups is 3. The lowest BCUT2D eigenvalue weighted by Crippen LogP contribution is -2.35. The summed E-state index contributed by atoms with van der Waals surface area (Å²) < 4.78 is 15.5. The van der Waals surface area contributed by atoms with Crippen LogP contribution >= 0.6 is 0 Å². The van der Waals surface area contributed by atoms with Crippen molar-refractivity contribution in [2.24, 2.45) is 11.8 Å². The van der Waals surface area contributed by atoms with Gasteiger partial charge in [0.2, 0.25) is 0 Å². The molecule has 1 amide bonds. The fourth-order valence-corrected chi connectivity index (χ4v) is 1.80. The van der Waals surface area contributed by atoms with Crippen molar-refractivity contribution in [3.05, 3.63) is 12.0 Å². The first-order valence-electron chi connectivity index (χ1n) is 7.64. The summed E-state index contributed by atoms with van der Waals surface area (Å²) in [5, 5.41) is 0. The Kier molecular flexibility index (Phi) is 6.18. The first-order valence-corrected chi connectivity index (χ1v) is 7.64. The van der Waals surface area contributed by atoms with E-state index in [4.69, 9.17) is 14.2 Å². The van der Waals surface area contributed by atoms with Gasteiger partial charge in [0.25, 0.3) is 0 Å². The third-order valence-electron chi connectivity index (χ3n) is 2.89. The first-order chi connectivity index (χ1) is 10.5. The van der Waals surface area contributed by atoms with E-state index in [0.29, 0.717) is 0 Å². The molecule has 0 bridgehead atoms.